The van der Waals surface area contributed by atoms with E-state index in [4.69, 9.17) is 4.52 Å². The smallest absolute Gasteiger partial charge is 0.300 e. The molecule has 1 atom stereocenters. The van der Waals surface area contributed by atoms with Gasteiger partial charge in [-0.3, -0.25) is 14.5 Å². The van der Waals surface area contributed by atoms with Gasteiger partial charge >= 0.3 is 0 Å². The fourth-order valence-corrected chi connectivity index (χ4v) is 4.11. The summed E-state index contributed by atoms with van der Waals surface area (Å²) < 4.78 is 19.0. The van der Waals surface area contributed by atoms with Gasteiger partial charge in [0, 0.05) is 22.9 Å². The van der Waals surface area contributed by atoms with Crippen molar-refractivity contribution in [2.24, 2.45) is 0 Å². The van der Waals surface area contributed by atoms with Crippen LogP contribution in [-0.4, -0.2) is 22.0 Å². The second kappa shape index (κ2) is 8.44. The number of halogens is 1. The second-order valence-corrected chi connectivity index (χ2v) is 8.02. The van der Waals surface area contributed by atoms with Crippen LogP contribution >= 0.6 is 0 Å². The third-order valence-electron chi connectivity index (χ3n) is 5.81. The number of aryl methyl sites for hydroxylation is 1. The summed E-state index contributed by atoms with van der Waals surface area (Å²) in [4.78, 5) is 27.6. The van der Waals surface area contributed by atoms with Gasteiger partial charge in [0.15, 0.2) is 0 Å². The number of aliphatic hydroxyl groups excluding tert-OH is 1. The second-order valence-electron chi connectivity index (χ2n) is 8.02. The molecule has 0 radical (unpaired) electrons. The molecule has 0 spiro atoms. The van der Waals surface area contributed by atoms with Crippen LogP contribution in [0.25, 0.3) is 17.0 Å². The van der Waals surface area contributed by atoms with Crippen molar-refractivity contribution in [3.63, 3.8) is 0 Å². The molecule has 7 heteroatoms. The molecule has 1 unspecified atom stereocenters. The Kier molecular flexibility index (Phi) is 5.30. The molecule has 3 aromatic carbocycles. The maximum Gasteiger partial charge on any atom is 0.300 e. The molecule has 34 heavy (non-hydrogen) atoms. The molecule has 1 amide bonds. The number of aliphatic hydroxyl groups is 1. The molecule has 0 bridgehead atoms. The molecule has 1 aromatic heterocycles. The van der Waals surface area contributed by atoms with Crippen molar-refractivity contribution in [2.75, 3.05) is 4.90 Å². The number of hydrogen-bond donors (Lipinski definition) is 1. The molecule has 2 heterocycles. The maximum absolute atomic E-state index is 14.2. The van der Waals surface area contributed by atoms with E-state index >= 15 is 0 Å². The van der Waals surface area contributed by atoms with Crippen molar-refractivity contribution < 1.29 is 23.6 Å². The zero-order chi connectivity index (χ0) is 23.8. The van der Waals surface area contributed by atoms with Gasteiger partial charge in [-0.05, 0) is 36.8 Å². The molecule has 1 N–H and O–H groups in total. The van der Waals surface area contributed by atoms with E-state index in [-0.39, 0.29) is 11.3 Å². The highest BCUT2D eigenvalue weighted by molar-refractivity contribution is 6.51. The van der Waals surface area contributed by atoms with Crippen LogP contribution in [0, 0.1) is 12.7 Å². The number of carbonyl (C=O) groups is 2. The molecule has 1 aliphatic rings. The highest BCUT2D eigenvalue weighted by Crippen LogP contribution is 2.42. The van der Waals surface area contributed by atoms with Crippen molar-refractivity contribution in [1.82, 2.24) is 5.16 Å². The zero-order valence-corrected chi connectivity index (χ0v) is 18.1. The lowest BCUT2D eigenvalue weighted by Crippen LogP contribution is -2.29. The zero-order valence-electron chi connectivity index (χ0n) is 18.1. The summed E-state index contributed by atoms with van der Waals surface area (Å²) in [5.41, 5.74) is 3.45. The minimum Gasteiger partial charge on any atom is -0.507 e. The Labute approximate surface area is 194 Å². The number of ketones is 1. The first kappa shape index (κ1) is 21.3. The minimum absolute atomic E-state index is 0.0972. The predicted molar refractivity (Wildman–Crippen MR) is 124 cm³/mol. The van der Waals surface area contributed by atoms with E-state index in [9.17, 15) is 19.1 Å². The summed E-state index contributed by atoms with van der Waals surface area (Å²) in [7, 11) is 0. The Balaban J connectivity index is 1.66. The molecule has 0 saturated carbocycles. The first-order valence-electron chi connectivity index (χ1n) is 10.6. The number of aromatic nitrogens is 1. The third-order valence-corrected chi connectivity index (χ3v) is 5.81. The van der Waals surface area contributed by atoms with Crippen LogP contribution in [0.3, 0.4) is 0 Å². The predicted octanol–water partition coefficient (Wildman–Crippen LogP) is 5.42. The van der Waals surface area contributed by atoms with Crippen LogP contribution in [0.4, 0.5) is 10.1 Å². The Hall–Kier alpha value is -4.52. The Morgan fingerprint density at radius 1 is 1.00 bits per heavy atom. The Morgan fingerprint density at radius 2 is 1.74 bits per heavy atom. The van der Waals surface area contributed by atoms with E-state index in [2.05, 4.69) is 5.16 Å². The molecule has 1 saturated heterocycles. The van der Waals surface area contributed by atoms with Gasteiger partial charge in [0.25, 0.3) is 11.7 Å². The number of nitrogens with zero attached hydrogens (tertiary/aromatic N) is 2. The number of Topliss-reactive ketones (excluding diaryl/α,β-unsaturated/α-hetero) is 1. The first-order chi connectivity index (χ1) is 16.4. The molecule has 1 fully saturated rings. The van der Waals surface area contributed by atoms with Crippen LogP contribution in [0.15, 0.2) is 95.2 Å². The highest BCUT2D eigenvalue weighted by Gasteiger charge is 2.47. The molecular weight excluding hydrogens is 435 g/mol. The fourth-order valence-electron chi connectivity index (χ4n) is 4.11. The highest BCUT2D eigenvalue weighted by atomic mass is 19.1. The normalized spacial score (nSPS) is 17.4. The molecule has 5 rings (SSSR count). The van der Waals surface area contributed by atoms with Crippen LogP contribution in [0.1, 0.15) is 22.7 Å². The van der Waals surface area contributed by atoms with Crippen molar-refractivity contribution in [1.29, 1.82) is 0 Å². The summed E-state index contributed by atoms with van der Waals surface area (Å²) in [5, 5.41) is 15.0. The summed E-state index contributed by atoms with van der Waals surface area (Å²) in [5.74, 6) is -2.47. The quantitative estimate of drug-likeness (QED) is 0.253. The largest absolute Gasteiger partial charge is 0.507 e. The van der Waals surface area contributed by atoms with Gasteiger partial charge in [-0.1, -0.05) is 59.3 Å². The van der Waals surface area contributed by atoms with Gasteiger partial charge in [-0.25, -0.2) is 4.39 Å². The lowest BCUT2D eigenvalue weighted by Gasteiger charge is -2.25. The summed E-state index contributed by atoms with van der Waals surface area (Å²) >= 11 is 0. The van der Waals surface area contributed by atoms with Gasteiger partial charge in [-0.2, -0.15) is 0 Å². The van der Waals surface area contributed by atoms with Crippen molar-refractivity contribution >= 4 is 23.1 Å². The van der Waals surface area contributed by atoms with Crippen molar-refractivity contribution in [3.05, 3.63) is 113 Å². The summed E-state index contributed by atoms with van der Waals surface area (Å²) in [6.07, 6.45) is 1.46. The molecular formula is C27H19FN2O4. The fraction of sp³-hybridized carbons (Fsp3) is 0.0741. The number of rotatable bonds is 4. The number of anilines is 1. The van der Waals surface area contributed by atoms with E-state index in [1.807, 2.05) is 6.92 Å². The van der Waals surface area contributed by atoms with Gasteiger partial charge in [0.05, 0.1) is 11.6 Å². The Morgan fingerprint density at radius 3 is 2.38 bits per heavy atom. The van der Waals surface area contributed by atoms with E-state index in [0.717, 1.165) is 11.1 Å². The van der Waals surface area contributed by atoms with Gasteiger partial charge in [0.1, 0.15) is 23.5 Å². The van der Waals surface area contributed by atoms with Gasteiger partial charge < -0.3 is 9.63 Å². The number of benzene rings is 3. The topological polar surface area (TPSA) is 83.6 Å². The first-order valence-corrected chi connectivity index (χ1v) is 10.6. The van der Waals surface area contributed by atoms with Gasteiger partial charge in [0.2, 0.25) is 0 Å². The maximum atomic E-state index is 14.2. The van der Waals surface area contributed by atoms with Crippen LogP contribution in [0.2, 0.25) is 0 Å². The number of amides is 1. The van der Waals surface area contributed by atoms with Crippen LogP contribution in [0.5, 0.6) is 0 Å². The van der Waals surface area contributed by atoms with Crippen molar-refractivity contribution in [3.8, 4) is 11.3 Å². The Bertz CT molecular complexity index is 1410. The van der Waals surface area contributed by atoms with E-state index in [1.54, 1.807) is 60.7 Å². The van der Waals surface area contributed by atoms with E-state index in [0.29, 0.717) is 22.5 Å². The minimum atomic E-state index is -1.00. The van der Waals surface area contributed by atoms with Crippen molar-refractivity contribution in [2.45, 2.75) is 13.0 Å². The summed E-state index contributed by atoms with van der Waals surface area (Å²) in [6.45, 7) is 1.90. The van der Waals surface area contributed by atoms with Gasteiger partial charge in [-0.15, -0.1) is 0 Å². The molecule has 1 aliphatic heterocycles. The monoisotopic (exact) mass is 454 g/mol. The van der Waals surface area contributed by atoms with E-state index < -0.39 is 23.5 Å². The molecule has 6 nitrogen and oxygen atoms in total. The molecule has 168 valence electrons. The number of hydrogen-bond acceptors (Lipinski definition) is 5. The van der Waals surface area contributed by atoms with Crippen LogP contribution < -0.4 is 4.90 Å². The standard InChI is InChI=1S/C27H19FN2O4/c1-16-5-7-18(8-6-16)25(31)23-24(19-3-2-4-20(28)15-19)30(27(33)26(23)32)21-11-9-17(10-12-21)22-13-14-34-29-22/h2-15,24,31H,1H3/b25-23-. The van der Waals surface area contributed by atoms with E-state index in [1.165, 1.54) is 29.4 Å². The SMILES string of the molecule is Cc1ccc(/C(O)=C2/C(=O)C(=O)N(c3ccc(-c4ccon4)cc3)C2c2cccc(F)c2)cc1. The molecule has 0 aliphatic carbocycles. The molecule has 4 aromatic rings. The lowest BCUT2D eigenvalue weighted by molar-refractivity contribution is -0.132. The average molecular weight is 454 g/mol. The third kappa shape index (κ3) is 3.67. The lowest BCUT2D eigenvalue weighted by atomic mass is 9.94. The van der Waals surface area contributed by atoms with Crippen LogP contribution in [-0.2, 0) is 9.59 Å². The average Bonchev–Trinajstić information content (AvgIpc) is 3.47. The summed E-state index contributed by atoms with van der Waals surface area (Å²) in [6, 6.07) is 20.1. The number of carbonyl (C=O) groups excluding carboxylic acids is 2.